The number of nitrogens with one attached hydrogen (secondary N) is 3. The third-order valence-corrected chi connectivity index (χ3v) is 7.47. The highest BCUT2D eigenvalue weighted by atomic mass is 16.1. The van der Waals surface area contributed by atoms with Crippen LogP contribution in [0.3, 0.4) is 0 Å². The topological polar surface area (TPSA) is 116 Å². The van der Waals surface area contributed by atoms with Crippen LogP contribution in [0.25, 0.3) is 11.5 Å². The number of pyridine rings is 1. The summed E-state index contributed by atoms with van der Waals surface area (Å²) in [5.41, 5.74) is 4.48. The van der Waals surface area contributed by atoms with Crippen molar-refractivity contribution in [3.63, 3.8) is 0 Å². The van der Waals surface area contributed by atoms with Gasteiger partial charge >= 0.3 is 5.82 Å². The zero-order valence-electron chi connectivity index (χ0n) is 23.3. The molecule has 5 rings (SSSR count). The van der Waals surface area contributed by atoms with E-state index >= 15 is 0 Å². The number of likely N-dealkylation sites (tertiary alicyclic amines) is 1. The first-order valence-corrected chi connectivity index (χ1v) is 14.1. The molecule has 208 valence electrons. The van der Waals surface area contributed by atoms with Gasteiger partial charge in [-0.1, -0.05) is 19.9 Å². The summed E-state index contributed by atoms with van der Waals surface area (Å²) in [4.78, 5) is 28.1. The van der Waals surface area contributed by atoms with Gasteiger partial charge in [-0.3, -0.25) is 14.7 Å². The van der Waals surface area contributed by atoms with Crippen molar-refractivity contribution in [3.05, 3.63) is 83.8 Å². The highest BCUT2D eigenvalue weighted by molar-refractivity contribution is 5.95. The van der Waals surface area contributed by atoms with E-state index in [9.17, 15) is 4.79 Å². The lowest BCUT2D eigenvalue weighted by Crippen LogP contribution is -2.46. The van der Waals surface area contributed by atoms with Gasteiger partial charge in [0.05, 0.1) is 6.54 Å². The Bertz CT molecular complexity index is 1410. The lowest BCUT2D eigenvalue weighted by Gasteiger charge is -2.30. The molecule has 3 N–H and O–H groups in total. The van der Waals surface area contributed by atoms with Crippen LogP contribution in [-0.4, -0.2) is 55.6 Å². The molecule has 0 spiro atoms. The minimum Gasteiger partial charge on any atom is -0.375 e. The van der Waals surface area contributed by atoms with E-state index in [1.54, 1.807) is 18.7 Å². The SMILES string of the molecule is CCc1cnccc1CNC(=O)c1cccc(NCc2[nH]nc(-c3ccncn3)[n+]2CCN2CCCC(C)C2)c1. The first-order valence-electron chi connectivity index (χ1n) is 14.1. The number of anilines is 1. The lowest BCUT2D eigenvalue weighted by molar-refractivity contribution is -0.693. The van der Waals surface area contributed by atoms with Crippen LogP contribution >= 0.6 is 0 Å². The highest BCUT2D eigenvalue weighted by Gasteiger charge is 2.24. The Kier molecular flexibility index (Phi) is 9.07. The third-order valence-electron chi connectivity index (χ3n) is 7.47. The molecule has 0 bridgehead atoms. The van der Waals surface area contributed by atoms with Gasteiger partial charge in [-0.2, -0.15) is 0 Å². The summed E-state index contributed by atoms with van der Waals surface area (Å²) in [5.74, 6) is 2.35. The number of hydrogen-bond acceptors (Lipinski definition) is 7. The van der Waals surface area contributed by atoms with E-state index in [0.29, 0.717) is 18.7 Å². The van der Waals surface area contributed by atoms with Gasteiger partial charge in [0.1, 0.15) is 18.6 Å². The minimum absolute atomic E-state index is 0.110. The molecular formula is C30H38N9O+. The molecule has 0 saturated carbocycles. The number of aryl methyl sites for hydroxylation is 1. The zero-order valence-corrected chi connectivity index (χ0v) is 23.3. The second-order valence-electron chi connectivity index (χ2n) is 10.4. The molecule has 1 unspecified atom stereocenters. The number of rotatable bonds is 11. The Morgan fingerprint density at radius 3 is 2.88 bits per heavy atom. The average Bonchev–Trinajstić information content (AvgIpc) is 3.41. The summed E-state index contributed by atoms with van der Waals surface area (Å²) >= 11 is 0. The number of H-pyrrole nitrogens is 1. The Hall–Kier alpha value is -4.18. The number of hydrogen-bond donors (Lipinski definition) is 3. The van der Waals surface area contributed by atoms with Crippen molar-refractivity contribution in [1.82, 2.24) is 35.4 Å². The maximum atomic E-state index is 12.9. The Labute approximate surface area is 235 Å². The van der Waals surface area contributed by atoms with E-state index in [2.05, 4.69) is 59.1 Å². The summed E-state index contributed by atoms with van der Waals surface area (Å²) in [6.07, 6.45) is 10.3. The van der Waals surface area contributed by atoms with Gasteiger partial charge in [0, 0.05) is 54.6 Å². The Morgan fingerprint density at radius 1 is 1.15 bits per heavy atom. The summed E-state index contributed by atoms with van der Waals surface area (Å²) in [6.45, 7) is 9.43. The second kappa shape index (κ2) is 13.3. The number of aromatic amines is 1. The molecule has 1 saturated heterocycles. The quantitative estimate of drug-likeness (QED) is 0.250. The standard InChI is InChI=1S/C30H37N9O/c1-3-23-17-31-11-9-25(23)18-34-30(40)24-7-4-8-26(16-24)33-19-28-36-37-29(27-10-12-32-21-35-27)39(28)15-14-38-13-5-6-22(2)20-38/h4,7-12,16-17,21-22,33H,3,5-6,13-15,18-20H2,1-2H3,(H,34,40)/p+1. The van der Waals surface area contributed by atoms with E-state index in [4.69, 9.17) is 0 Å². The first kappa shape index (κ1) is 27.4. The molecule has 0 radical (unpaired) electrons. The maximum Gasteiger partial charge on any atom is 0.327 e. The highest BCUT2D eigenvalue weighted by Crippen LogP contribution is 2.16. The Morgan fingerprint density at radius 2 is 2.05 bits per heavy atom. The predicted octanol–water partition coefficient (Wildman–Crippen LogP) is 3.39. The summed E-state index contributed by atoms with van der Waals surface area (Å²) in [5, 5.41) is 14.3. The van der Waals surface area contributed by atoms with Crippen molar-refractivity contribution in [1.29, 1.82) is 0 Å². The monoisotopic (exact) mass is 540 g/mol. The van der Waals surface area contributed by atoms with E-state index in [0.717, 1.165) is 72.7 Å². The lowest BCUT2D eigenvalue weighted by atomic mass is 10.0. The normalized spacial score (nSPS) is 15.6. The van der Waals surface area contributed by atoms with E-state index in [-0.39, 0.29) is 5.91 Å². The van der Waals surface area contributed by atoms with Crippen LogP contribution in [-0.2, 0) is 26.1 Å². The summed E-state index contributed by atoms with van der Waals surface area (Å²) in [6, 6.07) is 11.4. The molecule has 40 heavy (non-hydrogen) atoms. The van der Waals surface area contributed by atoms with Gasteiger partial charge in [0.25, 0.3) is 11.7 Å². The van der Waals surface area contributed by atoms with Crippen LogP contribution in [0, 0.1) is 5.92 Å². The fraction of sp³-hybridized carbons (Fsp3) is 0.400. The molecular weight excluding hydrogens is 502 g/mol. The molecule has 1 aliphatic rings. The number of aromatic nitrogens is 6. The first-order chi connectivity index (χ1) is 19.6. The number of nitrogens with zero attached hydrogens (tertiary/aromatic N) is 6. The van der Waals surface area contributed by atoms with Gasteiger partial charge in [0.2, 0.25) is 0 Å². The van der Waals surface area contributed by atoms with Gasteiger partial charge < -0.3 is 10.6 Å². The smallest absolute Gasteiger partial charge is 0.327 e. The molecule has 10 nitrogen and oxygen atoms in total. The molecule has 10 heteroatoms. The molecule has 1 amide bonds. The largest absolute Gasteiger partial charge is 0.375 e. The number of carbonyl (C=O) groups is 1. The zero-order chi connectivity index (χ0) is 27.7. The molecule has 4 heterocycles. The molecule has 1 fully saturated rings. The third kappa shape index (κ3) is 6.87. The van der Waals surface area contributed by atoms with Gasteiger partial charge in [-0.15, -0.1) is 5.10 Å². The molecule has 1 aliphatic heterocycles. The number of benzene rings is 1. The number of amides is 1. The van der Waals surface area contributed by atoms with Crippen LogP contribution in [0.1, 0.15) is 54.0 Å². The summed E-state index contributed by atoms with van der Waals surface area (Å²) < 4.78 is 2.20. The minimum atomic E-state index is -0.110. The van der Waals surface area contributed by atoms with Crippen molar-refractivity contribution in [2.24, 2.45) is 5.92 Å². The van der Waals surface area contributed by atoms with E-state index < -0.39 is 0 Å². The van der Waals surface area contributed by atoms with Crippen LogP contribution < -0.4 is 15.2 Å². The molecule has 3 aromatic heterocycles. The molecule has 0 aliphatic carbocycles. The maximum absolute atomic E-state index is 12.9. The molecule has 1 atom stereocenters. The van der Waals surface area contributed by atoms with Crippen LogP contribution in [0.2, 0.25) is 0 Å². The van der Waals surface area contributed by atoms with Crippen LogP contribution in [0.15, 0.2) is 61.3 Å². The summed E-state index contributed by atoms with van der Waals surface area (Å²) in [7, 11) is 0. The van der Waals surface area contributed by atoms with Crippen molar-refractivity contribution < 1.29 is 9.36 Å². The van der Waals surface area contributed by atoms with E-state index in [1.807, 2.05) is 42.6 Å². The van der Waals surface area contributed by atoms with E-state index in [1.165, 1.54) is 12.8 Å². The second-order valence-corrected chi connectivity index (χ2v) is 10.4. The van der Waals surface area contributed by atoms with Gasteiger partial charge in [0.15, 0.2) is 0 Å². The average molecular weight is 541 g/mol. The van der Waals surface area contributed by atoms with Gasteiger partial charge in [-0.05, 0) is 73.2 Å². The van der Waals surface area contributed by atoms with Crippen LogP contribution in [0.5, 0.6) is 0 Å². The van der Waals surface area contributed by atoms with Crippen LogP contribution in [0.4, 0.5) is 5.69 Å². The molecule has 4 aromatic rings. The number of carbonyl (C=O) groups excluding carboxylic acids is 1. The van der Waals surface area contributed by atoms with Crippen molar-refractivity contribution in [3.8, 4) is 11.5 Å². The molecule has 1 aromatic carbocycles. The number of piperidine rings is 1. The van der Waals surface area contributed by atoms with Crippen molar-refractivity contribution in [2.45, 2.75) is 52.7 Å². The fourth-order valence-electron chi connectivity index (χ4n) is 5.27. The van der Waals surface area contributed by atoms with Crippen molar-refractivity contribution in [2.75, 3.05) is 25.0 Å². The van der Waals surface area contributed by atoms with Gasteiger partial charge in [-0.25, -0.2) is 14.5 Å². The predicted molar refractivity (Wildman–Crippen MR) is 153 cm³/mol. The Balaban J connectivity index is 1.26. The van der Waals surface area contributed by atoms with Crippen molar-refractivity contribution >= 4 is 11.6 Å². The fourth-order valence-corrected chi connectivity index (χ4v) is 5.27.